The van der Waals surface area contributed by atoms with Gasteiger partial charge in [0.05, 0.1) is 12.5 Å². The number of nitrogens with zero attached hydrogens (tertiary/aromatic N) is 1. The fourth-order valence-electron chi connectivity index (χ4n) is 2.39. The van der Waals surface area contributed by atoms with Crippen molar-refractivity contribution in [2.24, 2.45) is 23.1 Å². The predicted octanol–water partition coefficient (Wildman–Crippen LogP) is -2.16. The van der Waals surface area contributed by atoms with E-state index >= 15 is 0 Å². The fourth-order valence-corrected chi connectivity index (χ4v) is 2.39. The molecule has 0 aliphatic carbocycles. The summed E-state index contributed by atoms with van der Waals surface area (Å²) in [6.07, 6.45) is 0.0194. The van der Waals surface area contributed by atoms with Gasteiger partial charge in [-0.25, -0.2) is 0 Å². The quantitative estimate of drug-likeness (QED) is 0.457. The molecule has 1 saturated heterocycles. The highest BCUT2D eigenvalue weighted by Crippen LogP contribution is 2.24. The van der Waals surface area contributed by atoms with Gasteiger partial charge in [-0.15, -0.1) is 0 Å². The summed E-state index contributed by atoms with van der Waals surface area (Å²) in [5.41, 5.74) is 14.9. The first-order chi connectivity index (χ1) is 8.65. The van der Waals surface area contributed by atoms with Crippen LogP contribution in [0.25, 0.3) is 0 Å². The van der Waals surface area contributed by atoms with Crippen LogP contribution in [0.1, 0.15) is 19.8 Å². The van der Waals surface area contributed by atoms with Gasteiger partial charge in [-0.05, 0) is 12.3 Å². The van der Waals surface area contributed by atoms with Gasteiger partial charge in [0, 0.05) is 13.1 Å². The van der Waals surface area contributed by atoms with E-state index < -0.39 is 29.4 Å². The molecule has 1 unspecified atom stereocenters. The molecule has 108 valence electrons. The molecule has 19 heavy (non-hydrogen) atoms. The molecule has 0 aromatic rings. The third-order valence-corrected chi connectivity index (χ3v) is 3.19. The van der Waals surface area contributed by atoms with Gasteiger partial charge in [0.15, 0.2) is 0 Å². The Morgan fingerprint density at radius 2 is 2.05 bits per heavy atom. The molecule has 1 heterocycles. The first kappa shape index (κ1) is 15.4. The van der Waals surface area contributed by atoms with Crippen molar-refractivity contribution in [1.82, 2.24) is 4.90 Å². The van der Waals surface area contributed by atoms with Crippen LogP contribution >= 0.6 is 0 Å². The van der Waals surface area contributed by atoms with Crippen molar-refractivity contribution in [1.29, 1.82) is 0 Å². The van der Waals surface area contributed by atoms with E-state index in [4.69, 9.17) is 22.3 Å². The van der Waals surface area contributed by atoms with Crippen molar-refractivity contribution in [3.63, 3.8) is 0 Å². The maximum Gasteiger partial charge on any atom is 0.325 e. The molecule has 0 saturated carbocycles. The second-order valence-corrected chi connectivity index (χ2v) is 5.27. The van der Waals surface area contributed by atoms with Gasteiger partial charge in [-0.1, -0.05) is 6.92 Å². The van der Waals surface area contributed by atoms with E-state index in [9.17, 15) is 14.4 Å². The lowest BCUT2D eigenvalue weighted by Gasteiger charge is -2.41. The highest BCUT2D eigenvalue weighted by molar-refractivity contribution is 5.88. The zero-order chi connectivity index (χ0) is 14.8. The third-order valence-electron chi connectivity index (χ3n) is 3.19. The standard InChI is InChI=1S/C11H20N4O4/c1-6-3-11(14,10(18)19)5-15(4-6)9(17)7(12)2-8(13)16/h6-7H,2-5,12,14H2,1H3,(H2,13,16)(H,18,19)/t6-,7?,11+/m0/s1. The van der Waals surface area contributed by atoms with Crippen LogP contribution in [0.4, 0.5) is 0 Å². The lowest BCUT2D eigenvalue weighted by atomic mass is 9.84. The normalized spacial score (nSPS) is 28.8. The molecule has 0 bridgehead atoms. The first-order valence-electron chi connectivity index (χ1n) is 6.00. The molecule has 2 amide bonds. The fraction of sp³-hybridized carbons (Fsp3) is 0.727. The minimum atomic E-state index is -1.47. The summed E-state index contributed by atoms with van der Waals surface area (Å²) in [4.78, 5) is 35.3. The second-order valence-electron chi connectivity index (χ2n) is 5.27. The van der Waals surface area contributed by atoms with Crippen LogP contribution in [0.3, 0.4) is 0 Å². The minimum Gasteiger partial charge on any atom is -0.480 e. The van der Waals surface area contributed by atoms with Gasteiger partial charge in [0.1, 0.15) is 5.54 Å². The Balaban J connectivity index is 2.80. The van der Waals surface area contributed by atoms with Crippen LogP contribution in [0.5, 0.6) is 0 Å². The lowest BCUT2D eigenvalue weighted by molar-refractivity contribution is -0.149. The average Bonchev–Trinajstić information content (AvgIpc) is 2.25. The molecule has 8 heteroatoms. The Morgan fingerprint density at radius 3 is 2.53 bits per heavy atom. The molecule has 1 fully saturated rings. The number of primary amides is 1. The van der Waals surface area contributed by atoms with E-state index in [2.05, 4.69) is 0 Å². The van der Waals surface area contributed by atoms with Crippen molar-refractivity contribution in [3.8, 4) is 0 Å². The molecule has 3 atom stereocenters. The van der Waals surface area contributed by atoms with Crippen LogP contribution in [-0.2, 0) is 14.4 Å². The van der Waals surface area contributed by atoms with Crippen molar-refractivity contribution in [2.45, 2.75) is 31.3 Å². The molecule has 0 aromatic heterocycles. The smallest absolute Gasteiger partial charge is 0.325 e. The van der Waals surface area contributed by atoms with Gasteiger partial charge >= 0.3 is 5.97 Å². The Labute approximate surface area is 110 Å². The Morgan fingerprint density at radius 1 is 1.47 bits per heavy atom. The van der Waals surface area contributed by atoms with Crippen molar-refractivity contribution >= 4 is 17.8 Å². The summed E-state index contributed by atoms with van der Waals surface area (Å²) in [5, 5.41) is 9.13. The Bertz CT molecular complexity index is 400. The lowest BCUT2D eigenvalue weighted by Crippen LogP contribution is -2.64. The number of carbonyl (C=O) groups is 3. The van der Waals surface area contributed by atoms with Crippen LogP contribution in [0.2, 0.25) is 0 Å². The highest BCUT2D eigenvalue weighted by Gasteiger charge is 2.43. The summed E-state index contributed by atoms with van der Waals surface area (Å²) in [6, 6.07) is -1.05. The average molecular weight is 272 g/mol. The molecule has 7 N–H and O–H groups in total. The summed E-state index contributed by atoms with van der Waals surface area (Å²) in [6.45, 7) is 2.07. The third kappa shape index (κ3) is 3.65. The summed E-state index contributed by atoms with van der Waals surface area (Å²) >= 11 is 0. The number of piperidine rings is 1. The molecule has 1 aliphatic rings. The van der Waals surface area contributed by atoms with Crippen molar-refractivity contribution < 1.29 is 19.5 Å². The first-order valence-corrected chi connectivity index (χ1v) is 6.00. The summed E-state index contributed by atoms with van der Waals surface area (Å²) in [7, 11) is 0. The summed E-state index contributed by atoms with van der Waals surface area (Å²) < 4.78 is 0. The molecular weight excluding hydrogens is 252 g/mol. The second kappa shape index (κ2) is 5.54. The number of aliphatic carboxylic acids is 1. The largest absolute Gasteiger partial charge is 0.480 e. The number of amides is 2. The monoisotopic (exact) mass is 272 g/mol. The molecule has 0 radical (unpaired) electrons. The number of carbonyl (C=O) groups excluding carboxylic acids is 2. The number of carboxylic acid groups (broad SMARTS) is 1. The predicted molar refractivity (Wildman–Crippen MR) is 66.7 cm³/mol. The van der Waals surface area contributed by atoms with Crippen molar-refractivity contribution in [2.75, 3.05) is 13.1 Å². The van der Waals surface area contributed by atoms with Gasteiger partial charge in [-0.2, -0.15) is 0 Å². The minimum absolute atomic E-state index is 0.0559. The van der Waals surface area contributed by atoms with E-state index in [1.165, 1.54) is 4.90 Å². The number of hydrogen-bond donors (Lipinski definition) is 4. The van der Waals surface area contributed by atoms with Crippen LogP contribution in [0.15, 0.2) is 0 Å². The Hall–Kier alpha value is -1.67. The van der Waals surface area contributed by atoms with Crippen LogP contribution < -0.4 is 17.2 Å². The number of carboxylic acids is 1. The zero-order valence-corrected chi connectivity index (χ0v) is 10.8. The SMILES string of the molecule is C[C@@H]1CN(C(=O)C(N)CC(N)=O)C[C@@](N)(C(=O)O)C1. The van der Waals surface area contributed by atoms with Crippen LogP contribution in [-0.4, -0.2) is 52.5 Å². The molecule has 1 rings (SSSR count). The maximum absolute atomic E-state index is 12.0. The molecular formula is C11H20N4O4. The van der Waals surface area contributed by atoms with E-state index in [1.807, 2.05) is 6.92 Å². The maximum atomic E-state index is 12.0. The number of nitrogens with two attached hydrogens (primary N) is 3. The number of likely N-dealkylation sites (tertiary alicyclic amines) is 1. The molecule has 0 aromatic carbocycles. The van der Waals surface area contributed by atoms with Gasteiger partial charge < -0.3 is 27.2 Å². The molecule has 8 nitrogen and oxygen atoms in total. The topological polar surface area (TPSA) is 153 Å². The van der Waals surface area contributed by atoms with Gasteiger partial charge in [0.2, 0.25) is 11.8 Å². The van der Waals surface area contributed by atoms with E-state index in [-0.39, 0.29) is 25.3 Å². The van der Waals surface area contributed by atoms with Crippen molar-refractivity contribution in [3.05, 3.63) is 0 Å². The van der Waals surface area contributed by atoms with E-state index in [0.717, 1.165) is 0 Å². The van der Waals surface area contributed by atoms with Gasteiger partial charge in [-0.3, -0.25) is 14.4 Å². The summed E-state index contributed by atoms with van der Waals surface area (Å²) in [5.74, 6) is -2.38. The molecule has 1 aliphatic heterocycles. The zero-order valence-electron chi connectivity index (χ0n) is 10.8. The molecule has 0 spiro atoms. The number of hydrogen-bond acceptors (Lipinski definition) is 5. The van der Waals surface area contributed by atoms with E-state index in [0.29, 0.717) is 6.54 Å². The van der Waals surface area contributed by atoms with E-state index in [1.54, 1.807) is 0 Å². The van der Waals surface area contributed by atoms with Crippen LogP contribution in [0, 0.1) is 5.92 Å². The van der Waals surface area contributed by atoms with Gasteiger partial charge in [0.25, 0.3) is 0 Å². The Kier molecular flexibility index (Phi) is 4.48. The highest BCUT2D eigenvalue weighted by atomic mass is 16.4. The number of rotatable bonds is 4.